The summed E-state index contributed by atoms with van der Waals surface area (Å²) < 4.78 is 36.9. The lowest BCUT2D eigenvalue weighted by Crippen LogP contribution is -2.59. The van der Waals surface area contributed by atoms with E-state index < -0.39 is 22.4 Å². The van der Waals surface area contributed by atoms with Crippen LogP contribution in [0.1, 0.15) is 106 Å². The Kier molecular flexibility index (Phi) is 8.92. The maximum absolute atomic E-state index is 15.0. The minimum absolute atomic E-state index is 0.0177. The number of carbonyl (C=O) groups is 3. The van der Waals surface area contributed by atoms with Crippen molar-refractivity contribution in [1.82, 2.24) is 29.7 Å². The molecule has 12 nitrogen and oxygen atoms in total. The highest BCUT2D eigenvalue weighted by atomic mass is 19.3. The molecule has 60 heavy (non-hydrogen) atoms. The van der Waals surface area contributed by atoms with Crippen LogP contribution in [0, 0.1) is 12.3 Å². The number of nitrogens with zero attached hydrogens (tertiary/aromatic N) is 6. The Balaban J connectivity index is 0.997. The zero-order valence-electron chi connectivity index (χ0n) is 35.1. The van der Waals surface area contributed by atoms with Gasteiger partial charge in [0, 0.05) is 73.7 Å². The fourth-order valence-corrected chi connectivity index (χ4v) is 10.5. The summed E-state index contributed by atoms with van der Waals surface area (Å²) in [5, 5.41) is 6.26. The van der Waals surface area contributed by atoms with Gasteiger partial charge in [-0.3, -0.25) is 14.5 Å². The molecular formula is C46H54F2N8O4. The van der Waals surface area contributed by atoms with Crippen LogP contribution in [0.25, 0.3) is 22.3 Å². The Labute approximate surface area is 349 Å². The van der Waals surface area contributed by atoms with Crippen molar-refractivity contribution in [2.24, 2.45) is 5.41 Å². The number of aromatic nitrogens is 3. The van der Waals surface area contributed by atoms with Crippen LogP contribution in [-0.2, 0) is 14.9 Å². The minimum Gasteiger partial charge on any atom is -0.444 e. The van der Waals surface area contributed by atoms with Crippen molar-refractivity contribution in [2.75, 3.05) is 43.4 Å². The van der Waals surface area contributed by atoms with Crippen LogP contribution >= 0.6 is 0 Å². The second kappa shape index (κ2) is 13.7. The van der Waals surface area contributed by atoms with E-state index in [1.807, 2.05) is 69.3 Å². The van der Waals surface area contributed by atoms with Gasteiger partial charge in [0.15, 0.2) is 5.82 Å². The van der Waals surface area contributed by atoms with Gasteiger partial charge in [0.05, 0.1) is 28.4 Å². The highest BCUT2D eigenvalue weighted by Crippen LogP contribution is 2.65. The number of likely N-dealkylation sites (tertiary alicyclic amines) is 2. The predicted octanol–water partition coefficient (Wildman–Crippen LogP) is 8.11. The second-order valence-corrected chi connectivity index (χ2v) is 19.3. The third kappa shape index (κ3) is 6.42. The molecule has 1 atom stereocenters. The summed E-state index contributed by atoms with van der Waals surface area (Å²) in [6.07, 6.45) is 7.37. The molecule has 2 aromatic heterocycles. The average Bonchev–Trinajstić information content (AvgIpc) is 4.05. The first-order chi connectivity index (χ1) is 28.6. The molecule has 2 aromatic carbocycles. The molecule has 6 aliphatic rings. The van der Waals surface area contributed by atoms with Crippen LogP contribution in [0.4, 0.5) is 30.8 Å². The zero-order chi connectivity index (χ0) is 41.9. The van der Waals surface area contributed by atoms with Gasteiger partial charge in [-0.1, -0.05) is 18.2 Å². The Hall–Kier alpha value is -5.11. The summed E-state index contributed by atoms with van der Waals surface area (Å²) in [5.74, 6) is -2.07. The van der Waals surface area contributed by atoms with Crippen molar-refractivity contribution in [3.05, 3.63) is 65.5 Å². The van der Waals surface area contributed by atoms with Gasteiger partial charge in [0.25, 0.3) is 11.8 Å². The fraction of sp³-hybridized carbons (Fsp3) is 0.543. The largest absolute Gasteiger partial charge is 0.444 e. The Morgan fingerprint density at radius 3 is 2.38 bits per heavy atom. The summed E-state index contributed by atoms with van der Waals surface area (Å²) in [4.78, 5) is 56.9. The third-order valence-corrected chi connectivity index (χ3v) is 14.2. The molecule has 316 valence electrons. The number of rotatable bonds is 7. The summed E-state index contributed by atoms with van der Waals surface area (Å²) in [6, 6.07) is 14.3. The molecule has 1 unspecified atom stereocenters. The number of pyridine rings is 1. The number of fused-ring (bicyclic) bond motifs is 3. The molecule has 0 radical (unpaired) electrons. The lowest BCUT2D eigenvalue weighted by atomic mass is 9.73. The first-order valence-corrected chi connectivity index (χ1v) is 21.6. The van der Waals surface area contributed by atoms with Crippen molar-refractivity contribution in [1.29, 1.82) is 0 Å². The Morgan fingerprint density at radius 2 is 1.70 bits per heavy atom. The van der Waals surface area contributed by atoms with Crippen molar-refractivity contribution in [3.63, 3.8) is 0 Å². The van der Waals surface area contributed by atoms with Crippen molar-refractivity contribution >= 4 is 46.1 Å². The fourth-order valence-electron chi connectivity index (χ4n) is 10.5. The van der Waals surface area contributed by atoms with Gasteiger partial charge in [-0.05, 0) is 121 Å². The van der Waals surface area contributed by atoms with Crippen LogP contribution in [0.5, 0.6) is 0 Å². The number of benzene rings is 2. The number of hydrogen-bond donors (Lipinski definition) is 2. The van der Waals surface area contributed by atoms with E-state index in [1.54, 1.807) is 11.9 Å². The minimum atomic E-state index is -2.58. The van der Waals surface area contributed by atoms with Gasteiger partial charge in [-0.2, -0.15) is 0 Å². The van der Waals surface area contributed by atoms with Gasteiger partial charge in [0.1, 0.15) is 11.1 Å². The van der Waals surface area contributed by atoms with E-state index in [1.165, 1.54) is 0 Å². The number of aryl methyl sites for hydroxylation is 1. The molecule has 10 rings (SSSR count). The number of carbonyl (C=O) groups excluding carboxylic acids is 3. The van der Waals surface area contributed by atoms with E-state index in [0.29, 0.717) is 62.0 Å². The maximum Gasteiger partial charge on any atom is 0.410 e. The summed E-state index contributed by atoms with van der Waals surface area (Å²) in [5.41, 5.74) is 4.86. The molecule has 2 N–H and O–H groups in total. The molecule has 5 fully saturated rings. The highest BCUT2D eigenvalue weighted by Gasteiger charge is 2.71. The van der Waals surface area contributed by atoms with Gasteiger partial charge in [-0.25, -0.2) is 23.5 Å². The van der Waals surface area contributed by atoms with Gasteiger partial charge >= 0.3 is 6.09 Å². The Bertz CT molecular complexity index is 2430. The van der Waals surface area contributed by atoms with Crippen molar-refractivity contribution < 1.29 is 27.9 Å². The summed E-state index contributed by atoms with van der Waals surface area (Å²) >= 11 is 0. The molecule has 3 aliphatic heterocycles. The van der Waals surface area contributed by atoms with Crippen LogP contribution in [0.3, 0.4) is 0 Å². The normalized spacial score (nSPS) is 25.7. The highest BCUT2D eigenvalue weighted by molar-refractivity contribution is 6.09. The van der Waals surface area contributed by atoms with E-state index >= 15 is 4.79 Å². The summed E-state index contributed by atoms with van der Waals surface area (Å²) in [7, 11) is 1.62. The number of anilines is 3. The number of halogens is 2. The SMILES string of the molecule is CNC(=O)c1cc(Nc2nc(-c3ccc4c(c3)N([C@H]3C[C@@H](N5CCCC6(C5)CC6(F)F)C3)C(=O)C43CCN(C(=O)OC(C)(C)C)CC3)cc3ncn(C4CC4)c23)ccc1C. The number of piperidine rings is 2. The van der Waals surface area contributed by atoms with Gasteiger partial charge in [0.2, 0.25) is 5.91 Å². The maximum atomic E-state index is 15.0. The predicted molar refractivity (Wildman–Crippen MR) is 225 cm³/mol. The van der Waals surface area contributed by atoms with Crippen molar-refractivity contribution in [2.45, 2.75) is 121 Å². The zero-order valence-corrected chi connectivity index (χ0v) is 35.1. The number of nitrogens with one attached hydrogen (secondary N) is 2. The number of ether oxygens (including phenoxy) is 1. The number of alkyl halides is 2. The first-order valence-electron chi connectivity index (χ1n) is 21.6. The van der Waals surface area contributed by atoms with E-state index in [2.05, 4.69) is 32.2 Å². The van der Waals surface area contributed by atoms with Crippen LogP contribution in [0.2, 0.25) is 0 Å². The monoisotopic (exact) mass is 820 g/mol. The average molecular weight is 821 g/mol. The number of imidazole rings is 1. The third-order valence-electron chi connectivity index (χ3n) is 14.2. The van der Waals surface area contributed by atoms with Crippen molar-refractivity contribution in [3.8, 4) is 11.3 Å². The summed E-state index contributed by atoms with van der Waals surface area (Å²) in [6.45, 7) is 9.48. The molecule has 3 saturated carbocycles. The quantitative estimate of drug-likeness (QED) is 0.192. The van der Waals surface area contributed by atoms with E-state index in [-0.39, 0.29) is 36.4 Å². The smallest absolute Gasteiger partial charge is 0.410 e. The van der Waals surface area contributed by atoms with Crippen LogP contribution in [-0.4, -0.2) is 99.1 Å². The van der Waals surface area contributed by atoms with E-state index in [0.717, 1.165) is 77.7 Å². The second-order valence-electron chi connectivity index (χ2n) is 19.3. The molecule has 4 aromatic rings. The lowest BCUT2D eigenvalue weighted by Gasteiger charge is -2.49. The molecule has 2 saturated heterocycles. The topological polar surface area (TPSA) is 125 Å². The molecule has 0 bridgehead atoms. The van der Waals surface area contributed by atoms with E-state index in [4.69, 9.17) is 14.7 Å². The standard InChI is InChI=1S/C46H54F2N8O4/c1-27-7-9-29(20-33(27)40(57)49-5)51-39-38-36(50-26-55(38)30-10-11-30)23-35(52-39)28-8-12-34-37(19-28)56(32-21-31(22-32)54-16-6-13-44(25-54)24-46(44,47)48)41(58)45(34)14-17-53(18-15-45)42(59)60-43(2,3)4/h7-9,12,19-20,23,26,30-32H,6,10-11,13-18,21-22,24-25H2,1-5H3,(H,49,57)(H,51,52)/t31-,32+,44?. The molecule has 3 aliphatic carbocycles. The number of amides is 3. The van der Waals surface area contributed by atoms with Gasteiger partial charge < -0.3 is 29.7 Å². The Morgan fingerprint density at radius 1 is 0.950 bits per heavy atom. The molecule has 2 spiro atoms. The van der Waals surface area contributed by atoms with Gasteiger partial charge in [-0.15, -0.1) is 0 Å². The lowest BCUT2D eigenvalue weighted by molar-refractivity contribution is -0.126. The first kappa shape index (κ1) is 39.1. The number of hydrogen-bond acceptors (Lipinski definition) is 8. The molecule has 14 heteroatoms. The van der Waals surface area contributed by atoms with Crippen LogP contribution < -0.4 is 15.5 Å². The molecule has 3 amide bonds. The van der Waals surface area contributed by atoms with E-state index in [9.17, 15) is 18.4 Å². The van der Waals surface area contributed by atoms with Crippen LogP contribution in [0.15, 0.2) is 48.8 Å². The molecule has 5 heterocycles. The molecular weight excluding hydrogens is 767 g/mol.